The van der Waals surface area contributed by atoms with Gasteiger partial charge in [0.1, 0.15) is 167 Å². The van der Waals surface area contributed by atoms with Gasteiger partial charge in [-0.05, 0) is 95.6 Å². The van der Waals surface area contributed by atoms with Gasteiger partial charge in [0.2, 0.25) is 0 Å². The molecule has 10 aromatic heterocycles. The van der Waals surface area contributed by atoms with Gasteiger partial charge in [-0.3, -0.25) is 45.1 Å². The molecule has 17 rings (SSSR count). The fourth-order valence-corrected chi connectivity index (χ4v) is 13.9. The largest absolute Gasteiger partial charge is 0.444 e. The van der Waals surface area contributed by atoms with Crippen molar-refractivity contribution < 1.29 is 98.2 Å². The number of benzene rings is 3. The number of alkyl carbamates (subject to hydrolysis) is 2. The molecule has 0 aliphatic carbocycles. The van der Waals surface area contributed by atoms with E-state index in [2.05, 4.69) is 129 Å². The quantitative estimate of drug-likeness (QED) is 0.00880. The number of nitrogens with two attached hydrogens (primary N) is 5. The van der Waals surface area contributed by atoms with Gasteiger partial charge in [-0.2, -0.15) is 0 Å². The van der Waals surface area contributed by atoms with Crippen LogP contribution in [0.4, 0.5) is 38.5 Å². The second-order valence-electron chi connectivity index (χ2n) is 32.2. The average Bonchev–Trinajstić information content (AvgIpc) is 1.63. The van der Waals surface area contributed by atoms with E-state index in [-0.39, 0.29) is 104 Å². The van der Waals surface area contributed by atoms with Crippen molar-refractivity contribution in [2.45, 2.75) is 164 Å². The molecule has 3 aromatic carbocycles. The predicted octanol–water partition coefficient (Wildman–Crippen LogP) is 2.24. The number of halogens is 4. The number of aliphatic hydroxyl groups is 9. The summed E-state index contributed by atoms with van der Waals surface area (Å²) in [5.74, 6) is 5.35. The number of fused-ring (bicyclic) bond motifs is 4. The fraction of sp³-hybridized carbons (Fsp3) is 0.386. The Balaban J connectivity index is 0.000000202. The van der Waals surface area contributed by atoms with Crippen molar-refractivity contribution in [2.24, 2.45) is 10.8 Å². The van der Waals surface area contributed by atoms with Gasteiger partial charge in [0.05, 0.1) is 94.0 Å². The number of azide groups is 1. The first-order chi connectivity index (χ1) is 66.5. The van der Waals surface area contributed by atoms with Crippen LogP contribution in [-0.4, -0.2) is 307 Å². The highest BCUT2D eigenvalue weighted by Crippen LogP contribution is 2.39. The van der Waals surface area contributed by atoms with Crippen LogP contribution in [0.15, 0.2) is 141 Å². The maximum atomic E-state index is 11.9. The highest BCUT2D eigenvalue weighted by atomic mass is 79.9. The van der Waals surface area contributed by atoms with Gasteiger partial charge in [-0.15, -0.1) is 60.3 Å². The Labute approximate surface area is 831 Å². The van der Waals surface area contributed by atoms with Crippen molar-refractivity contribution in [3.8, 4) is 36.1 Å². The van der Waals surface area contributed by atoms with E-state index in [9.17, 15) is 50.4 Å². The Morgan fingerprint density at radius 2 is 0.789 bits per heavy atom. The summed E-state index contributed by atoms with van der Waals surface area (Å²) in [6.45, 7) is 8.89. The Bertz CT molecular complexity index is 6570. The van der Waals surface area contributed by atoms with Gasteiger partial charge in [0.15, 0.2) is 70.8 Å². The number of alkyl halides is 1. The third-order valence-electron chi connectivity index (χ3n) is 20.4. The van der Waals surface area contributed by atoms with E-state index < -0.39 is 141 Å². The number of anilines is 4. The van der Waals surface area contributed by atoms with Gasteiger partial charge in [-0.1, -0.05) is 67.6 Å². The van der Waals surface area contributed by atoms with E-state index in [0.717, 1.165) is 5.69 Å². The third-order valence-corrected chi connectivity index (χ3v) is 20.8. The van der Waals surface area contributed by atoms with Crippen molar-refractivity contribution in [2.75, 3.05) is 61.3 Å². The zero-order chi connectivity index (χ0) is 100. The summed E-state index contributed by atoms with van der Waals surface area (Å²) in [5.41, 5.74) is 43.2. The van der Waals surface area contributed by atoms with Gasteiger partial charge >= 0.3 is 12.2 Å². The van der Waals surface area contributed by atoms with E-state index >= 15 is 0 Å². The Kier molecular flexibility index (Phi) is 39.5. The number of carbonyl (C=O) groups excluding carboxylic acids is 2. The second kappa shape index (κ2) is 50.3. The summed E-state index contributed by atoms with van der Waals surface area (Å²) in [4.78, 5) is 74.9. The summed E-state index contributed by atoms with van der Waals surface area (Å²) < 4.78 is 59.7. The van der Waals surface area contributed by atoms with Crippen molar-refractivity contribution in [3.05, 3.63) is 174 Å². The maximum absolute atomic E-state index is 11.9. The van der Waals surface area contributed by atoms with Gasteiger partial charge in [0, 0.05) is 27.3 Å². The number of nitrogens with one attached hydrogen (secondary N) is 5. The van der Waals surface area contributed by atoms with Crippen LogP contribution in [0.5, 0.6) is 0 Å². The molecule has 142 heavy (non-hydrogen) atoms. The molecule has 0 spiro atoms. The zero-order valence-corrected chi connectivity index (χ0v) is 80.0. The number of nitrogens with zero attached hydrogens (tertiary/aromatic N) is 25. The smallest absolute Gasteiger partial charge is 0.413 e. The number of rotatable bonds is 22. The first-order valence-corrected chi connectivity index (χ1v) is 42.8. The molecule has 4 fully saturated rings. The fourth-order valence-electron chi connectivity index (χ4n) is 13.9. The molecular formula is C83H101BrCl3N35O20. The van der Waals surface area contributed by atoms with Gasteiger partial charge in [0.25, 0.3) is 0 Å². The summed E-state index contributed by atoms with van der Waals surface area (Å²) >= 11 is 3.01. The molecule has 756 valence electrons. The normalized spacial score (nSPS) is 21.4. The average molecular weight is 2100 g/mol. The molecule has 2 amide bonds. The van der Waals surface area contributed by atoms with Crippen LogP contribution in [0.1, 0.15) is 94.5 Å². The van der Waals surface area contributed by atoms with Crippen molar-refractivity contribution in [3.63, 3.8) is 0 Å². The topological polar surface area (TPSA) is 810 Å². The first-order valence-electron chi connectivity index (χ1n) is 41.7. The lowest BCUT2D eigenvalue weighted by atomic mass is 10.1. The molecule has 13 aromatic rings. The number of nitrogen functional groups attached to an aromatic ring is 5. The first kappa shape index (κ1) is 111. The summed E-state index contributed by atoms with van der Waals surface area (Å²) in [7, 11) is 0. The highest BCUT2D eigenvalue weighted by Gasteiger charge is 2.50. The van der Waals surface area contributed by atoms with Gasteiger partial charge < -0.3 is 117 Å². The number of ether oxygens (including phenoxy) is 9. The Morgan fingerprint density at radius 3 is 1.09 bits per heavy atom. The molecule has 4 unspecified atom stereocenters. The Hall–Kier alpha value is -14.2. The molecule has 4 aliphatic rings. The molecule has 4 aliphatic heterocycles. The van der Waals surface area contributed by atoms with Crippen molar-refractivity contribution >= 4 is 156 Å². The van der Waals surface area contributed by atoms with Crippen LogP contribution in [0.3, 0.4) is 0 Å². The summed E-state index contributed by atoms with van der Waals surface area (Å²) in [6, 6.07) is 20.0. The molecule has 14 heterocycles. The molecule has 0 saturated carbocycles. The van der Waals surface area contributed by atoms with Crippen LogP contribution in [0.2, 0.25) is 0 Å². The molecule has 16 atom stereocenters. The van der Waals surface area contributed by atoms with Crippen LogP contribution < -0.4 is 39.3 Å². The number of hydrogen-bond acceptors (Lipinski definition) is 44. The van der Waals surface area contributed by atoms with Crippen molar-refractivity contribution in [1.29, 1.82) is 16.2 Å². The molecule has 0 bridgehead atoms. The number of terminal acetylenes is 2. The summed E-state index contributed by atoms with van der Waals surface area (Å²) in [6.07, 6.45) is 8.03. The number of hydrogen-bond donors (Lipinski definition) is 19. The number of amidine groups is 3. The molecule has 4 saturated heterocycles. The number of amides is 2. The Morgan fingerprint density at radius 1 is 0.479 bits per heavy atom. The highest BCUT2D eigenvalue weighted by molar-refractivity contribution is 9.09. The molecule has 24 N–H and O–H groups in total. The van der Waals surface area contributed by atoms with Crippen LogP contribution >= 0.6 is 53.2 Å². The lowest BCUT2D eigenvalue weighted by Crippen LogP contribution is -2.36. The number of aliphatic hydroxyl groups excluding tert-OH is 9. The number of carbonyl (C=O) groups is 2. The SMILES string of the molecule is C#CCBr.C#CCO[C@H]1C(O)[C@@H](CO)O[C@H]1n1cnc2c(N)ncnc21.CC(C)(C)OC(=O)NC(=N)c1ccc(-n2cc(CO[C@H]3C(O)[C@@H](CO)O[C@H]3n3cnc4c(N)ncnc43)nn2)cc1.CC(C)(C)OC(=O)NC(=N)c1ccc(N=[N+]=[N-])cc1.Cl.Cl.Cl.N=C(N)c1ccc(-n2cc(CO[C@H]3C(O)[C@@H](CO)O[C@H]3n3cnc4c(N)ncnc43)nn2)cc1.Nc1ncnc2c1ncn2[C@@H]1O[C@H](CO)C(O)[C@@H]1O. The molecule has 55 nitrogen and oxygen atoms in total. The van der Waals surface area contributed by atoms with Crippen LogP contribution in [0, 0.1) is 40.9 Å². The monoisotopic (exact) mass is 2090 g/mol. The van der Waals surface area contributed by atoms with Crippen LogP contribution in [0.25, 0.3) is 66.5 Å². The molecule has 59 heteroatoms. The number of imidazole rings is 4. The van der Waals surface area contributed by atoms with E-state index in [1.54, 1.807) is 145 Å². The van der Waals surface area contributed by atoms with E-state index in [1.165, 1.54) is 59.9 Å². The minimum Gasteiger partial charge on any atom is -0.444 e. The zero-order valence-electron chi connectivity index (χ0n) is 75.9. The lowest BCUT2D eigenvalue weighted by Gasteiger charge is -2.21. The van der Waals surface area contributed by atoms with E-state index in [1.807, 2.05) is 0 Å². The second-order valence-corrected chi connectivity index (χ2v) is 32.8. The minimum atomic E-state index is -1.19. The number of aromatic nitrogens is 22. The van der Waals surface area contributed by atoms with E-state index in [0.29, 0.717) is 89.4 Å². The van der Waals surface area contributed by atoms with Gasteiger partial charge in [-0.25, -0.2) is 78.8 Å². The maximum Gasteiger partial charge on any atom is 0.413 e. The molecular weight excluding hydrogens is 1990 g/mol. The minimum absolute atomic E-state index is 0. The lowest BCUT2D eigenvalue weighted by molar-refractivity contribution is -0.0767. The van der Waals surface area contributed by atoms with Crippen molar-refractivity contribution in [1.82, 2.24) is 119 Å². The van der Waals surface area contributed by atoms with E-state index in [4.69, 9.17) is 111 Å². The standard InChI is InChI=1S/C25H30N10O6.C20H22N10O4.C13H15N5O4.C12H15N5O2.C10H13N5O4.C3H3Br.3ClH/c1-25(2,3)41-24(38)31-20(26)13-4-6-15(7-5-13)35-8-14(32-33-35)10-39-19-18(37)16(9-36)40-23(19)34-12-30-17-21(27)28-11-29-22(17)34;21-17(22)10-1-3-12(4-2-10)30-5-11(27-28-30)7-33-16-15(32)13(6-31)34-20(16)29-9-26-14-18(23)24-8-25-19(14)29;1-2-3-21-10-9(20)7(4-19)22-13(10)18-6-17-8-11(14)15-5-16-12(8)18;1-12(2,3)19-11(18)15-10(13)8-4-6-9(7-5-8)16-17-14;11-8-5-9(13-2-12-8)15(3-14-5)10-7(18)6(17)4(1-16)19-10;1-2-3-4;;;/h4-8,11-12,16,18-19,23,36-37H,9-10H2,1-3H3,(H2,26,31,38)(H2,27,28,29);1-5,8-9,13,15-16,20,31-32H,6-7H2,(H3,21,22)(H2,23,24,25);1,5-7,9-10,13,19-20H,3-4H2,(H2,14,15,16);4-7H,1-3H3,(H2,13,15,18);2-4,6-7,10,16-18H,1H2,(H2,11,12,13);1H,3H2;3*1H/t16-,18?,19+,23-;13-,15?,16+,20-;7-,9?,10+,13-;;4-,6?,7+,10-;;;;/m111.1..../s1. The third kappa shape index (κ3) is 26.9. The predicted molar refractivity (Wildman–Crippen MR) is 514 cm³/mol. The molecule has 0 radical (unpaired) electrons. The summed E-state index contributed by atoms with van der Waals surface area (Å²) in [5, 5.41) is 138. The van der Waals surface area contributed by atoms with Crippen LogP contribution in [-0.2, 0) is 55.8 Å².